The van der Waals surface area contributed by atoms with Crippen LogP contribution in [0.3, 0.4) is 0 Å². The fourth-order valence-corrected chi connectivity index (χ4v) is 1.38. The Hall–Kier alpha value is -1.35. The molecule has 0 aliphatic rings. The molecule has 1 aromatic rings. The Morgan fingerprint density at radius 3 is 2.25 bits per heavy atom. The number of benzene rings is 1. The molecule has 0 heterocycles. The average Bonchev–Trinajstić information content (AvgIpc) is 2.25. The molecule has 2 N–H and O–H groups in total. The lowest BCUT2D eigenvalue weighted by Crippen LogP contribution is -2.25. The number of carbonyl (C=O) groups excluding carboxylic acids is 1. The van der Waals surface area contributed by atoms with E-state index in [4.69, 9.17) is 5.11 Å². The Bertz CT molecular complexity index is 349. The lowest BCUT2D eigenvalue weighted by Gasteiger charge is -2.19. The van der Waals surface area contributed by atoms with Crippen molar-refractivity contribution in [3.05, 3.63) is 35.4 Å². The number of rotatable bonds is 3. The number of aliphatic hydroxyl groups excluding tert-OH is 1. The maximum atomic E-state index is 10.9. The molecule has 1 amide bonds. The molecule has 0 saturated carbocycles. The smallest absolute Gasteiger partial charge is 0.245 e. The standard InChI is InChI=1S/C13H19NO2/c1-13(2,3)11-6-4-10(5-7-11)8-14-12(16)9-15/h4-7,15H,8-9H2,1-3H3,(H,14,16). The fourth-order valence-electron chi connectivity index (χ4n) is 1.38. The van der Waals surface area contributed by atoms with Crippen LogP contribution < -0.4 is 5.32 Å². The summed E-state index contributed by atoms with van der Waals surface area (Å²) in [7, 11) is 0. The minimum Gasteiger partial charge on any atom is -0.387 e. The van der Waals surface area contributed by atoms with E-state index in [2.05, 4.69) is 38.2 Å². The van der Waals surface area contributed by atoms with Gasteiger partial charge in [-0.2, -0.15) is 0 Å². The van der Waals surface area contributed by atoms with Gasteiger partial charge in [-0.1, -0.05) is 45.0 Å². The van der Waals surface area contributed by atoms with Crippen LogP contribution in [0.25, 0.3) is 0 Å². The first-order valence-corrected chi connectivity index (χ1v) is 5.40. The zero-order chi connectivity index (χ0) is 12.2. The molecule has 0 aliphatic carbocycles. The number of amides is 1. The maximum Gasteiger partial charge on any atom is 0.245 e. The van der Waals surface area contributed by atoms with Gasteiger partial charge >= 0.3 is 0 Å². The third-order valence-electron chi connectivity index (χ3n) is 2.45. The van der Waals surface area contributed by atoms with E-state index in [1.165, 1.54) is 5.56 Å². The predicted molar refractivity (Wildman–Crippen MR) is 64.1 cm³/mol. The highest BCUT2D eigenvalue weighted by atomic mass is 16.3. The molecule has 0 spiro atoms. The monoisotopic (exact) mass is 221 g/mol. The zero-order valence-corrected chi connectivity index (χ0v) is 10.1. The van der Waals surface area contributed by atoms with Crippen LogP contribution in [0.1, 0.15) is 31.9 Å². The van der Waals surface area contributed by atoms with Gasteiger partial charge in [-0.25, -0.2) is 0 Å². The Morgan fingerprint density at radius 1 is 1.25 bits per heavy atom. The second kappa shape index (κ2) is 5.12. The number of aliphatic hydroxyl groups is 1. The van der Waals surface area contributed by atoms with Crippen molar-refractivity contribution in [3.63, 3.8) is 0 Å². The first-order chi connectivity index (χ1) is 7.43. The van der Waals surface area contributed by atoms with Crippen LogP contribution in [-0.2, 0) is 16.8 Å². The summed E-state index contributed by atoms with van der Waals surface area (Å²) < 4.78 is 0. The summed E-state index contributed by atoms with van der Waals surface area (Å²) >= 11 is 0. The third-order valence-corrected chi connectivity index (χ3v) is 2.45. The Kier molecular flexibility index (Phi) is 4.07. The van der Waals surface area contributed by atoms with Gasteiger partial charge in [0, 0.05) is 6.54 Å². The van der Waals surface area contributed by atoms with Crippen LogP contribution in [0.4, 0.5) is 0 Å². The summed E-state index contributed by atoms with van der Waals surface area (Å²) in [5.41, 5.74) is 2.45. The van der Waals surface area contributed by atoms with Crippen molar-refractivity contribution < 1.29 is 9.90 Å². The molecular weight excluding hydrogens is 202 g/mol. The van der Waals surface area contributed by atoms with E-state index in [0.717, 1.165) is 5.56 Å². The van der Waals surface area contributed by atoms with E-state index in [1.54, 1.807) is 0 Å². The van der Waals surface area contributed by atoms with E-state index in [1.807, 2.05) is 12.1 Å². The molecule has 16 heavy (non-hydrogen) atoms. The Labute approximate surface area is 96.5 Å². The van der Waals surface area contributed by atoms with Gasteiger partial charge in [-0.15, -0.1) is 0 Å². The van der Waals surface area contributed by atoms with Crippen LogP contribution in [0.5, 0.6) is 0 Å². The molecule has 0 saturated heterocycles. The molecule has 0 atom stereocenters. The van der Waals surface area contributed by atoms with Gasteiger partial charge in [-0.05, 0) is 16.5 Å². The summed E-state index contributed by atoms with van der Waals surface area (Å²) in [6.07, 6.45) is 0. The van der Waals surface area contributed by atoms with Crippen LogP contribution in [0.15, 0.2) is 24.3 Å². The van der Waals surface area contributed by atoms with Crippen molar-refractivity contribution in [2.45, 2.75) is 32.7 Å². The molecule has 0 fully saturated rings. The quantitative estimate of drug-likeness (QED) is 0.814. The molecule has 0 bridgehead atoms. The molecule has 0 aromatic heterocycles. The predicted octanol–water partition coefficient (Wildman–Crippen LogP) is 1.59. The summed E-state index contributed by atoms with van der Waals surface area (Å²) in [4.78, 5) is 10.9. The maximum absolute atomic E-state index is 10.9. The van der Waals surface area contributed by atoms with Crippen molar-refractivity contribution in [2.75, 3.05) is 6.61 Å². The summed E-state index contributed by atoms with van der Waals surface area (Å²) in [6, 6.07) is 8.14. The van der Waals surface area contributed by atoms with E-state index >= 15 is 0 Å². The number of carbonyl (C=O) groups is 1. The van der Waals surface area contributed by atoms with Crippen molar-refractivity contribution in [1.29, 1.82) is 0 Å². The lowest BCUT2D eigenvalue weighted by atomic mass is 9.87. The van der Waals surface area contributed by atoms with Crippen LogP contribution in [0, 0.1) is 0 Å². The molecule has 1 aromatic carbocycles. The second-order valence-corrected chi connectivity index (χ2v) is 4.88. The van der Waals surface area contributed by atoms with Gasteiger partial charge in [0.15, 0.2) is 0 Å². The SMILES string of the molecule is CC(C)(C)c1ccc(CNC(=O)CO)cc1. The highest BCUT2D eigenvalue weighted by Crippen LogP contribution is 2.21. The minimum absolute atomic E-state index is 0.146. The van der Waals surface area contributed by atoms with Gasteiger partial charge < -0.3 is 10.4 Å². The molecule has 0 radical (unpaired) electrons. The molecular formula is C13H19NO2. The van der Waals surface area contributed by atoms with Gasteiger partial charge in [0.05, 0.1) is 0 Å². The average molecular weight is 221 g/mol. The van der Waals surface area contributed by atoms with Crippen molar-refractivity contribution in [3.8, 4) is 0 Å². The van der Waals surface area contributed by atoms with E-state index < -0.39 is 6.61 Å². The van der Waals surface area contributed by atoms with Crippen LogP contribution >= 0.6 is 0 Å². The topological polar surface area (TPSA) is 49.3 Å². The summed E-state index contributed by atoms with van der Waals surface area (Å²) in [5.74, 6) is -0.347. The molecule has 0 aliphatic heterocycles. The van der Waals surface area contributed by atoms with E-state index in [0.29, 0.717) is 6.54 Å². The van der Waals surface area contributed by atoms with Crippen LogP contribution in [0.2, 0.25) is 0 Å². The van der Waals surface area contributed by atoms with E-state index in [-0.39, 0.29) is 11.3 Å². The second-order valence-electron chi connectivity index (χ2n) is 4.88. The Balaban J connectivity index is 2.62. The highest BCUT2D eigenvalue weighted by Gasteiger charge is 2.12. The Morgan fingerprint density at radius 2 is 1.81 bits per heavy atom. The molecule has 1 rings (SSSR count). The molecule has 0 unspecified atom stereocenters. The number of hydrogen-bond donors (Lipinski definition) is 2. The molecule has 88 valence electrons. The first-order valence-electron chi connectivity index (χ1n) is 5.40. The number of nitrogens with one attached hydrogen (secondary N) is 1. The minimum atomic E-state index is -0.458. The normalized spacial score (nSPS) is 11.2. The third kappa shape index (κ3) is 3.66. The van der Waals surface area contributed by atoms with Gasteiger partial charge in [0.2, 0.25) is 5.91 Å². The zero-order valence-electron chi connectivity index (χ0n) is 10.1. The highest BCUT2D eigenvalue weighted by molar-refractivity contribution is 5.76. The fraction of sp³-hybridized carbons (Fsp3) is 0.462. The van der Waals surface area contributed by atoms with Gasteiger partial charge in [-0.3, -0.25) is 4.79 Å². The number of hydrogen-bond acceptors (Lipinski definition) is 2. The van der Waals surface area contributed by atoms with Crippen molar-refractivity contribution in [1.82, 2.24) is 5.32 Å². The van der Waals surface area contributed by atoms with Gasteiger partial charge in [0.1, 0.15) is 6.61 Å². The van der Waals surface area contributed by atoms with Gasteiger partial charge in [0.25, 0.3) is 0 Å². The van der Waals surface area contributed by atoms with Crippen LogP contribution in [-0.4, -0.2) is 17.6 Å². The lowest BCUT2D eigenvalue weighted by molar-refractivity contribution is -0.123. The van der Waals surface area contributed by atoms with Crippen molar-refractivity contribution >= 4 is 5.91 Å². The van der Waals surface area contributed by atoms with Crippen molar-refractivity contribution in [2.24, 2.45) is 0 Å². The molecule has 3 nitrogen and oxygen atoms in total. The first kappa shape index (κ1) is 12.7. The molecule has 3 heteroatoms. The summed E-state index contributed by atoms with van der Waals surface area (Å²) in [6.45, 7) is 6.49. The van der Waals surface area contributed by atoms with E-state index in [9.17, 15) is 4.79 Å². The summed E-state index contributed by atoms with van der Waals surface area (Å²) in [5, 5.41) is 11.2. The largest absolute Gasteiger partial charge is 0.387 e.